The third kappa shape index (κ3) is 3.75. The molecule has 0 bridgehead atoms. The van der Waals surface area contributed by atoms with Crippen LogP contribution in [0.15, 0.2) is 77.7 Å². The molecule has 0 aliphatic heterocycles. The molecular formula is C19H19N3O2S. The predicted octanol–water partition coefficient (Wildman–Crippen LogP) is 3.72. The average Bonchev–Trinajstić information content (AvgIpc) is 2.58. The van der Waals surface area contributed by atoms with Gasteiger partial charge in [-0.25, -0.2) is 8.42 Å². The molecule has 0 fully saturated rings. The number of nitrogen functional groups attached to an aromatic ring is 2. The Labute approximate surface area is 147 Å². The van der Waals surface area contributed by atoms with Crippen LogP contribution in [-0.2, 0) is 9.84 Å². The molecular weight excluding hydrogens is 334 g/mol. The monoisotopic (exact) mass is 353 g/mol. The van der Waals surface area contributed by atoms with Crippen molar-refractivity contribution < 1.29 is 8.42 Å². The summed E-state index contributed by atoms with van der Waals surface area (Å²) in [6.07, 6.45) is 1.19. The van der Waals surface area contributed by atoms with Crippen LogP contribution in [0.1, 0.15) is 0 Å². The van der Waals surface area contributed by atoms with Crippen LogP contribution in [0.4, 0.5) is 28.4 Å². The predicted molar refractivity (Wildman–Crippen MR) is 103 cm³/mol. The highest BCUT2D eigenvalue weighted by atomic mass is 32.2. The van der Waals surface area contributed by atoms with E-state index in [2.05, 4.69) is 0 Å². The molecule has 0 heterocycles. The van der Waals surface area contributed by atoms with E-state index < -0.39 is 9.84 Å². The van der Waals surface area contributed by atoms with Crippen LogP contribution in [0, 0.1) is 0 Å². The highest BCUT2D eigenvalue weighted by molar-refractivity contribution is 7.90. The summed E-state index contributed by atoms with van der Waals surface area (Å²) in [5.41, 5.74) is 15.6. The minimum Gasteiger partial charge on any atom is -0.399 e. The van der Waals surface area contributed by atoms with Gasteiger partial charge in [-0.15, -0.1) is 0 Å². The van der Waals surface area contributed by atoms with Gasteiger partial charge in [0.05, 0.1) is 4.90 Å². The zero-order valence-corrected chi connectivity index (χ0v) is 14.6. The molecule has 0 saturated heterocycles. The van der Waals surface area contributed by atoms with Crippen LogP contribution in [0.2, 0.25) is 0 Å². The van der Waals surface area contributed by atoms with E-state index in [0.717, 1.165) is 17.1 Å². The summed E-state index contributed by atoms with van der Waals surface area (Å²) in [5, 5.41) is 0. The molecule has 3 aromatic carbocycles. The number of nitrogens with two attached hydrogens (primary N) is 2. The summed E-state index contributed by atoms with van der Waals surface area (Å²) in [5.74, 6) is 0. The average molecular weight is 353 g/mol. The van der Waals surface area contributed by atoms with E-state index in [-0.39, 0.29) is 4.90 Å². The summed E-state index contributed by atoms with van der Waals surface area (Å²) in [4.78, 5) is 2.29. The second-order valence-electron chi connectivity index (χ2n) is 5.78. The highest BCUT2D eigenvalue weighted by Crippen LogP contribution is 2.35. The third-order valence-electron chi connectivity index (χ3n) is 3.83. The van der Waals surface area contributed by atoms with Crippen LogP contribution < -0.4 is 16.4 Å². The normalized spacial score (nSPS) is 11.2. The van der Waals surface area contributed by atoms with Crippen molar-refractivity contribution >= 4 is 38.3 Å². The fourth-order valence-corrected chi connectivity index (χ4v) is 3.17. The minimum atomic E-state index is -3.24. The molecule has 0 amide bonds. The number of hydrogen-bond acceptors (Lipinski definition) is 5. The van der Waals surface area contributed by atoms with Crippen molar-refractivity contribution in [1.82, 2.24) is 0 Å². The molecule has 3 aromatic rings. The Morgan fingerprint density at radius 1 is 0.640 bits per heavy atom. The molecule has 0 aliphatic carbocycles. The maximum absolute atomic E-state index is 11.7. The Bertz CT molecular complexity index is 919. The molecule has 5 nitrogen and oxygen atoms in total. The lowest BCUT2D eigenvalue weighted by molar-refractivity contribution is 0.602. The van der Waals surface area contributed by atoms with E-state index in [9.17, 15) is 8.42 Å². The molecule has 0 atom stereocenters. The van der Waals surface area contributed by atoms with Gasteiger partial charge in [-0.2, -0.15) is 0 Å². The number of sulfone groups is 1. The van der Waals surface area contributed by atoms with Gasteiger partial charge >= 0.3 is 0 Å². The number of benzene rings is 3. The first-order chi connectivity index (χ1) is 11.8. The lowest BCUT2D eigenvalue weighted by Gasteiger charge is -2.25. The zero-order valence-electron chi connectivity index (χ0n) is 13.8. The highest BCUT2D eigenvalue weighted by Gasteiger charge is 2.14. The Balaban J connectivity index is 2.10. The number of rotatable bonds is 4. The zero-order chi connectivity index (χ0) is 18.0. The van der Waals surface area contributed by atoms with Gasteiger partial charge in [0.1, 0.15) is 0 Å². The first-order valence-electron chi connectivity index (χ1n) is 7.66. The van der Waals surface area contributed by atoms with Gasteiger partial charge in [-0.05, 0) is 72.8 Å². The van der Waals surface area contributed by atoms with Crippen molar-refractivity contribution in [2.45, 2.75) is 4.90 Å². The molecule has 4 N–H and O–H groups in total. The summed E-state index contributed by atoms with van der Waals surface area (Å²) in [6, 6.07) is 21.7. The van der Waals surface area contributed by atoms with Crippen molar-refractivity contribution in [1.29, 1.82) is 0 Å². The third-order valence-corrected chi connectivity index (χ3v) is 4.95. The van der Waals surface area contributed by atoms with Crippen LogP contribution in [-0.4, -0.2) is 14.7 Å². The van der Waals surface area contributed by atoms with Crippen molar-refractivity contribution in [3.8, 4) is 0 Å². The lowest BCUT2D eigenvalue weighted by atomic mass is 10.2. The molecule has 128 valence electrons. The van der Waals surface area contributed by atoms with Crippen LogP contribution in [0.25, 0.3) is 0 Å². The first kappa shape index (κ1) is 16.9. The Morgan fingerprint density at radius 2 is 0.960 bits per heavy atom. The number of nitrogens with zero attached hydrogens (tertiary/aromatic N) is 1. The van der Waals surface area contributed by atoms with Gasteiger partial charge < -0.3 is 16.4 Å². The molecule has 0 radical (unpaired) electrons. The van der Waals surface area contributed by atoms with Crippen molar-refractivity contribution in [2.24, 2.45) is 0 Å². The fourth-order valence-electron chi connectivity index (χ4n) is 2.54. The topological polar surface area (TPSA) is 89.4 Å². The van der Waals surface area contributed by atoms with Crippen molar-refractivity contribution in [3.63, 3.8) is 0 Å². The second-order valence-corrected chi connectivity index (χ2v) is 7.80. The molecule has 0 spiro atoms. The van der Waals surface area contributed by atoms with Gasteiger partial charge in [0.15, 0.2) is 9.84 Å². The minimum absolute atomic E-state index is 0.283. The molecule has 6 heteroatoms. The molecule has 25 heavy (non-hydrogen) atoms. The van der Waals surface area contributed by atoms with Gasteiger partial charge in [-0.1, -0.05) is 0 Å². The largest absolute Gasteiger partial charge is 0.399 e. The lowest BCUT2D eigenvalue weighted by Crippen LogP contribution is -2.10. The number of hydrogen-bond donors (Lipinski definition) is 2. The summed E-state index contributed by atoms with van der Waals surface area (Å²) < 4.78 is 23.4. The first-order valence-corrected chi connectivity index (χ1v) is 9.55. The fraction of sp³-hybridized carbons (Fsp3) is 0.0526. The van der Waals surface area contributed by atoms with Crippen molar-refractivity contribution in [2.75, 3.05) is 22.6 Å². The van der Waals surface area contributed by atoms with Gasteiger partial charge in [-0.3, -0.25) is 0 Å². The van der Waals surface area contributed by atoms with E-state index in [4.69, 9.17) is 11.5 Å². The Morgan fingerprint density at radius 3 is 1.28 bits per heavy atom. The van der Waals surface area contributed by atoms with E-state index in [1.54, 1.807) is 24.3 Å². The standard InChI is InChI=1S/C19H19N3O2S/c1-25(23,24)19-12-10-18(11-13-19)22(16-6-2-14(20)3-7-16)17-8-4-15(21)5-9-17/h2-13H,20-21H2,1H3. The van der Waals surface area contributed by atoms with Gasteiger partial charge in [0.2, 0.25) is 0 Å². The molecule has 0 aromatic heterocycles. The smallest absolute Gasteiger partial charge is 0.175 e. The number of anilines is 5. The van der Waals surface area contributed by atoms with Crippen LogP contribution >= 0.6 is 0 Å². The molecule has 0 unspecified atom stereocenters. The summed E-state index contributed by atoms with van der Waals surface area (Å²) in [7, 11) is -3.24. The van der Waals surface area contributed by atoms with Gasteiger partial charge in [0, 0.05) is 34.7 Å². The van der Waals surface area contributed by atoms with E-state index >= 15 is 0 Å². The Hall–Kier alpha value is -2.99. The van der Waals surface area contributed by atoms with E-state index in [1.807, 2.05) is 53.4 Å². The maximum Gasteiger partial charge on any atom is 0.175 e. The molecule has 0 aliphatic rings. The summed E-state index contributed by atoms with van der Waals surface area (Å²) in [6.45, 7) is 0. The van der Waals surface area contributed by atoms with E-state index in [1.165, 1.54) is 6.26 Å². The maximum atomic E-state index is 11.7. The van der Waals surface area contributed by atoms with Crippen LogP contribution in [0.3, 0.4) is 0 Å². The second kappa shape index (κ2) is 6.49. The quantitative estimate of drug-likeness (QED) is 0.698. The molecule has 0 saturated carbocycles. The SMILES string of the molecule is CS(=O)(=O)c1ccc(N(c2ccc(N)cc2)c2ccc(N)cc2)cc1. The van der Waals surface area contributed by atoms with Gasteiger partial charge in [0.25, 0.3) is 0 Å². The summed E-state index contributed by atoms with van der Waals surface area (Å²) >= 11 is 0. The molecule has 3 rings (SSSR count). The Kier molecular flexibility index (Phi) is 4.37. The van der Waals surface area contributed by atoms with Crippen LogP contribution in [0.5, 0.6) is 0 Å². The van der Waals surface area contributed by atoms with Crippen molar-refractivity contribution in [3.05, 3.63) is 72.8 Å². The van der Waals surface area contributed by atoms with E-state index in [0.29, 0.717) is 11.4 Å².